The van der Waals surface area contributed by atoms with Gasteiger partial charge in [0.1, 0.15) is 0 Å². The lowest BCUT2D eigenvalue weighted by atomic mass is 10.5. The Balaban J connectivity index is -0.000000205. The number of aliphatic carboxylic acids is 2. The predicted octanol–water partition coefficient (Wildman–Crippen LogP) is 2.63. The Hall–Kier alpha value is -0.568. The molecule has 2 N–H and O–H groups in total. The molecule has 0 atom stereocenters. The standard InChI is InChI=1S/C3H7O.2C2H4O2.2C2H5.Al/c1-2-3-4;2*1-2(3)4;2*1-2;/h2-3H2,1H3;2*1H3,(H,3,4);2*1H2,2H3;/q-1;;;;;+1. The molecule has 0 unspecified atom stereocenters. The number of carbonyl (C=O) groups is 2. The smallest absolute Gasteiger partial charge is 0.460 e. The Kier molecular flexibility index (Phi) is 22.7. The molecule has 0 aromatic carbocycles. The average molecular weight is 264 g/mol. The largest absolute Gasteiger partial charge is 0.501 e. The Morgan fingerprint density at radius 1 is 1.00 bits per heavy atom. The zero-order chi connectivity index (χ0) is 14.3. The first kappa shape index (κ1) is 21.7. The molecule has 0 radical (unpaired) electrons. The maximum atomic E-state index is 9.00. The molecule has 0 saturated carbocycles. The van der Waals surface area contributed by atoms with E-state index >= 15 is 0 Å². The zero-order valence-electron chi connectivity index (χ0n) is 11.5. The molecule has 5 nitrogen and oxygen atoms in total. The molecule has 0 aliphatic carbocycles. The molecule has 0 heterocycles. The van der Waals surface area contributed by atoms with Crippen LogP contribution in [0.3, 0.4) is 0 Å². The normalized spacial score (nSPS) is 8.06. The van der Waals surface area contributed by atoms with Gasteiger partial charge in [-0.2, -0.15) is 0 Å². The zero-order valence-corrected chi connectivity index (χ0v) is 12.7. The average Bonchev–Trinajstić information content (AvgIpc) is 2.18. The van der Waals surface area contributed by atoms with Crippen LogP contribution < -0.4 is 0 Å². The molecular weight excluding hydrogens is 239 g/mol. The summed E-state index contributed by atoms with van der Waals surface area (Å²) in [5.41, 5.74) is 0. The van der Waals surface area contributed by atoms with E-state index in [2.05, 4.69) is 20.8 Å². The van der Waals surface area contributed by atoms with Gasteiger partial charge >= 0.3 is 14.5 Å². The van der Waals surface area contributed by atoms with Crippen molar-refractivity contribution in [2.24, 2.45) is 0 Å². The van der Waals surface area contributed by atoms with Gasteiger partial charge in [0.05, 0.1) is 0 Å². The first-order chi connectivity index (χ1) is 7.81. The molecule has 0 saturated heterocycles. The molecule has 0 spiro atoms. The number of hydrogen-bond acceptors (Lipinski definition) is 3. The molecule has 0 rings (SSSR count). The van der Waals surface area contributed by atoms with Crippen molar-refractivity contribution in [1.29, 1.82) is 0 Å². The highest BCUT2D eigenvalue weighted by Gasteiger charge is 2.12. The minimum absolute atomic E-state index is 0.710. The third-order valence-corrected chi connectivity index (χ3v) is 4.00. The maximum Gasteiger partial charge on any atom is 0.460 e. The van der Waals surface area contributed by atoms with Gasteiger partial charge in [0, 0.05) is 20.5 Å². The fourth-order valence-electron chi connectivity index (χ4n) is 0.809. The second-order valence-electron chi connectivity index (χ2n) is 3.35. The van der Waals surface area contributed by atoms with Gasteiger partial charge in [-0.15, -0.1) is 0 Å². The SMILES string of the molecule is CC(=O)O.CC(=O)O.CCC[O][Al]([CH2]C)[CH2]C. The summed E-state index contributed by atoms with van der Waals surface area (Å²) in [4.78, 5) is 18.0. The first-order valence-electron chi connectivity index (χ1n) is 5.82. The molecule has 0 aromatic heterocycles. The van der Waals surface area contributed by atoms with Crippen molar-refractivity contribution in [2.45, 2.75) is 51.6 Å². The lowest BCUT2D eigenvalue weighted by molar-refractivity contribution is -0.135. The highest BCUT2D eigenvalue weighted by Crippen LogP contribution is 1.99. The van der Waals surface area contributed by atoms with Gasteiger partial charge in [-0.05, 0) is 6.42 Å². The van der Waals surface area contributed by atoms with Crippen LogP contribution in [-0.4, -0.2) is 43.2 Å². The summed E-state index contributed by atoms with van der Waals surface area (Å²) in [6.07, 6.45) is 1.17. The number of hydrogen-bond donors (Lipinski definition) is 2. The summed E-state index contributed by atoms with van der Waals surface area (Å²) < 4.78 is 5.63. The van der Waals surface area contributed by atoms with Gasteiger partial charge in [0.15, 0.2) is 0 Å². The Morgan fingerprint density at radius 3 is 1.47 bits per heavy atom. The summed E-state index contributed by atoms with van der Waals surface area (Å²) in [7, 11) is 0. The van der Waals surface area contributed by atoms with E-state index in [1.165, 1.54) is 17.0 Å². The summed E-state index contributed by atoms with van der Waals surface area (Å²) in [6.45, 7) is 9.78. The fraction of sp³-hybridized carbons (Fsp3) is 0.818. The summed E-state index contributed by atoms with van der Waals surface area (Å²) >= 11 is -0.710. The van der Waals surface area contributed by atoms with Crippen LogP contribution >= 0.6 is 0 Å². The molecule has 102 valence electrons. The van der Waals surface area contributed by atoms with Crippen molar-refractivity contribution in [3.63, 3.8) is 0 Å². The summed E-state index contributed by atoms with van der Waals surface area (Å²) in [5, 5.41) is 17.4. The van der Waals surface area contributed by atoms with E-state index < -0.39 is 26.4 Å². The highest BCUT2D eigenvalue weighted by atomic mass is 27.2. The third kappa shape index (κ3) is 50.4. The molecular formula is C11H25AlO5. The molecule has 6 heteroatoms. The summed E-state index contributed by atoms with van der Waals surface area (Å²) in [6, 6.07) is 0. The topological polar surface area (TPSA) is 83.8 Å². The van der Waals surface area contributed by atoms with Crippen LogP contribution in [0, 0.1) is 0 Å². The quantitative estimate of drug-likeness (QED) is 0.746. The Bertz CT molecular complexity index is 161. The van der Waals surface area contributed by atoms with E-state index in [0.717, 1.165) is 20.5 Å². The van der Waals surface area contributed by atoms with Gasteiger partial charge in [0.25, 0.3) is 11.9 Å². The molecule has 0 amide bonds. The molecule has 0 aliphatic heterocycles. The van der Waals surface area contributed by atoms with Crippen molar-refractivity contribution in [3.05, 3.63) is 0 Å². The number of carboxylic acids is 2. The van der Waals surface area contributed by atoms with Gasteiger partial charge in [0.2, 0.25) is 0 Å². The van der Waals surface area contributed by atoms with E-state index in [4.69, 9.17) is 23.6 Å². The second kappa shape index (κ2) is 17.8. The van der Waals surface area contributed by atoms with Crippen LogP contribution in [0.2, 0.25) is 10.6 Å². The molecule has 0 bridgehead atoms. The van der Waals surface area contributed by atoms with Crippen molar-refractivity contribution < 1.29 is 23.6 Å². The van der Waals surface area contributed by atoms with Crippen LogP contribution in [0.15, 0.2) is 0 Å². The minimum atomic E-state index is -0.833. The van der Waals surface area contributed by atoms with E-state index in [0.29, 0.717) is 0 Å². The molecule has 0 aromatic rings. The van der Waals surface area contributed by atoms with Crippen molar-refractivity contribution in [1.82, 2.24) is 0 Å². The fourth-order valence-corrected chi connectivity index (χ4v) is 2.43. The lowest BCUT2D eigenvalue weighted by Gasteiger charge is -2.06. The van der Waals surface area contributed by atoms with Crippen LogP contribution in [-0.2, 0) is 13.4 Å². The van der Waals surface area contributed by atoms with E-state index in [9.17, 15) is 0 Å². The van der Waals surface area contributed by atoms with E-state index in [1.54, 1.807) is 0 Å². The predicted molar refractivity (Wildman–Crippen MR) is 69.6 cm³/mol. The van der Waals surface area contributed by atoms with E-state index in [1.807, 2.05) is 0 Å². The van der Waals surface area contributed by atoms with Gasteiger partial charge < -0.3 is 14.0 Å². The highest BCUT2D eigenvalue weighted by molar-refractivity contribution is 6.51. The molecule has 0 fully saturated rings. The third-order valence-electron chi connectivity index (χ3n) is 1.47. The monoisotopic (exact) mass is 264 g/mol. The summed E-state index contributed by atoms with van der Waals surface area (Å²) in [5.74, 6) is -1.67. The van der Waals surface area contributed by atoms with E-state index in [-0.39, 0.29) is 0 Å². The van der Waals surface area contributed by atoms with Crippen LogP contribution in [0.1, 0.15) is 41.0 Å². The van der Waals surface area contributed by atoms with Crippen LogP contribution in [0.5, 0.6) is 0 Å². The number of carboxylic acid groups (broad SMARTS) is 2. The maximum absolute atomic E-state index is 9.00. The lowest BCUT2D eigenvalue weighted by Crippen LogP contribution is -2.15. The number of rotatable bonds is 5. The Morgan fingerprint density at radius 2 is 1.29 bits per heavy atom. The molecule has 0 aliphatic rings. The van der Waals surface area contributed by atoms with Crippen LogP contribution in [0.25, 0.3) is 0 Å². The van der Waals surface area contributed by atoms with Crippen molar-refractivity contribution >= 4 is 26.4 Å². The first-order valence-corrected chi connectivity index (χ1v) is 7.92. The van der Waals surface area contributed by atoms with Gasteiger partial charge in [-0.1, -0.05) is 31.3 Å². The van der Waals surface area contributed by atoms with Gasteiger partial charge in [-0.25, -0.2) is 0 Å². The van der Waals surface area contributed by atoms with Crippen molar-refractivity contribution in [3.8, 4) is 0 Å². The van der Waals surface area contributed by atoms with Gasteiger partial charge in [-0.3, -0.25) is 9.59 Å². The Labute approximate surface area is 109 Å². The second-order valence-corrected chi connectivity index (χ2v) is 6.56. The minimum Gasteiger partial charge on any atom is -0.501 e. The van der Waals surface area contributed by atoms with Crippen molar-refractivity contribution in [2.75, 3.05) is 6.61 Å². The molecule has 17 heavy (non-hydrogen) atoms. The van der Waals surface area contributed by atoms with Crippen LogP contribution in [0.4, 0.5) is 0 Å².